The fourth-order valence-electron chi connectivity index (χ4n) is 6.01. The number of likely N-dealkylation sites (tertiary alicyclic amines) is 2. The molecular formula is C26H40N4O11. The normalized spacial score (nSPS) is 36.3. The number of imide groups is 2. The van der Waals surface area contributed by atoms with E-state index in [-0.39, 0.29) is 83.3 Å². The van der Waals surface area contributed by atoms with Crippen LogP contribution in [0.1, 0.15) is 19.8 Å². The molecule has 5 rings (SSSR count). The number of aliphatic hydroxyl groups is 2. The van der Waals surface area contributed by atoms with Gasteiger partial charge in [-0.05, 0) is 0 Å². The molecule has 5 saturated heterocycles. The first-order valence-corrected chi connectivity index (χ1v) is 14.3. The Hall–Kier alpha value is -2.08. The van der Waals surface area contributed by atoms with Crippen molar-refractivity contribution in [1.29, 1.82) is 0 Å². The second-order valence-electron chi connectivity index (χ2n) is 11.2. The molecule has 15 nitrogen and oxygen atoms in total. The predicted molar refractivity (Wildman–Crippen MR) is 137 cm³/mol. The minimum absolute atomic E-state index is 0.00324. The zero-order chi connectivity index (χ0) is 29.1. The van der Waals surface area contributed by atoms with Crippen molar-refractivity contribution in [1.82, 2.24) is 20.0 Å². The van der Waals surface area contributed by atoms with Crippen LogP contribution < -0.4 is 5.32 Å². The van der Waals surface area contributed by atoms with E-state index in [2.05, 4.69) is 5.32 Å². The van der Waals surface area contributed by atoms with Gasteiger partial charge in [0.25, 0.3) is 5.91 Å². The molecule has 5 aliphatic rings. The molecular weight excluding hydrogens is 544 g/mol. The molecule has 0 aliphatic carbocycles. The Balaban J connectivity index is 1.00. The summed E-state index contributed by atoms with van der Waals surface area (Å²) in [5.41, 5.74) is -1.33. The first kappa shape index (κ1) is 30.4. The summed E-state index contributed by atoms with van der Waals surface area (Å²) < 4.78 is 28.5. The maximum Gasteiger partial charge on any atom is 0.258 e. The molecule has 0 radical (unpaired) electrons. The zero-order valence-electron chi connectivity index (χ0n) is 23.3. The van der Waals surface area contributed by atoms with E-state index in [1.54, 1.807) is 6.92 Å². The van der Waals surface area contributed by atoms with Crippen LogP contribution in [-0.4, -0.2) is 164 Å². The number of fused-ring (bicyclic) bond motifs is 2. The molecule has 5 heterocycles. The molecule has 0 aromatic rings. The van der Waals surface area contributed by atoms with Gasteiger partial charge in [-0.3, -0.25) is 33.9 Å². The van der Waals surface area contributed by atoms with Crippen LogP contribution in [0.5, 0.6) is 0 Å². The number of aliphatic hydroxyl groups excluding tert-OH is 2. The van der Waals surface area contributed by atoms with E-state index < -0.39 is 48.1 Å². The molecule has 0 aromatic heterocycles. The second kappa shape index (κ2) is 13.1. The third kappa shape index (κ3) is 6.33. The van der Waals surface area contributed by atoms with Crippen molar-refractivity contribution >= 4 is 23.6 Å². The highest BCUT2D eigenvalue weighted by atomic mass is 16.8. The molecule has 0 spiro atoms. The van der Waals surface area contributed by atoms with Crippen molar-refractivity contribution < 1.29 is 53.1 Å². The summed E-state index contributed by atoms with van der Waals surface area (Å²) in [4.78, 5) is 53.3. The van der Waals surface area contributed by atoms with Gasteiger partial charge in [0, 0.05) is 38.5 Å². The lowest BCUT2D eigenvalue weighted by atomic mass is 9.87. The van der Waals surface area contributed by atoms with Crippen molar-refractivity contribution in [3.05, 3.63) is 0 Å². The summed E-state index contributed by atoms with van der Waals surface area (Å²) in [6.07, 6.45) is -4.09. The van der Waals surface area contributed by atoms with E-state index in [4.69, 9.17) is 23.7 Å². The topological polar surface area (TPSA) is 177 Å². The molecule has 5 fully saturated rings. The maximum atomic E-state index is 12.8. The number of carbonyl (C=O) groups is 4. The van der Waals surface area contributed by atoms with Gasteiger partial charge >= 0.3 is 0 Å². The lowest BCUT2D eigenvalue weighted by Gasteiger charge is -2.47. The number of amides is 4. The van der Waals surface area contributed by atoms with Crippen LogP contribution in [0.15, 0.2) is 0 Å². The molecule has 4 amide bonds. The number of nitrogens with one attached hydrogen (secondary N) is 1. The van der Waals surface area contributed by atoms with Gasteiger partial charge in [-0.25, -0.2) is 0 Å². The fourth-order valence-corrected chi connectivity index (χ4v) is 6.01. The van der Waals surface area contributed by atoms with Gasteiger partial charge in [0.1, 0.15) is 23.9 Å². The van der Waals surface area contributed by atoms with Crippen LogP contribution in [0.4, 0.5) is 0 Å². The quantitative estimate of drug-likeness (QED) is 0.145. The predicted octanol–water partition coefficient (Wildman–Crippen LogP) is -3.32. The molecule has 3 N–H and O–H groups in total. The number of carbonyl (C=O) groups excluding carboxylic acids is 4. The van der Waals surface area contributed by atoms with Gasteiger partial charge in [0.05, 0.1) is 65.2 Å². The largest absolute Gasteiger partial charge is 0.388 e. The van der Waals surface area contributed by atoms with E-state index in [0.717, 1.165) is 18.0 Å². The monoisotopic (exact) mass is 584 g/mol. The molecule has 0 saturated carbocycles. The summed E-state index contributed by atoms with van der Waals surface area (Å²) in [5, 5.41) is 25.1. The third-order valence-corrected chi connectivity index (χ3v) is 8.40. The summed E-state index contributed by atoms with van der Waals surface area (Å²) in [7, 11) is 0. The molecule has 41 heavy (non-hydrogen) atoms. The number of ether oxygens (including phenoxy) is 5. The maximum absolute atomic E-state index is 12.8. The summed E-state index contributed by atoms with van der Waals surface area (Å²) in [5.74, 6) is -1.55. The number of piperazine rings is 1. The van der Waals surface area contributed by atoms with Gasteiger partial charge in [-0.2, -0.15) is 0 Å². The first-order valence-electron chi connectivity index (χ1n) is 14.3. The minimum Gasteiger partial charge on any atom is -0.388 e. The summed E-state index contributed by atoms with van der Waals surface area (Å²) in [6.45, 7) is 5.41. The average molecular weight is 585 g/mol. The number of nitrogens with zero attached hydrogens (tertiary/aromatic N) is 3. The molecule has 5 aliphatic heterocycles. The zero-order valence-corrected chi connectivity index (χ0v) is 23.3. The van der Waals surface area contributed by atoms with Crippen molar-refractivity contribution in [3.8, 4) is 0 Å². The number of hydrogen-bond acceptors (Lipinski definition) is 13. The fraction of sp³-hybridized carbons (Fsp3) is 0.846. The van der Waals surface area contributed by atoms with Crippen LogP contribution in [0.3, 0.4) is 0 Å². The lowest BCUT2D eigenvalue weighted by molar-refractivity contribution is -0.257. The van der Waals surface area contributed by atoms with Crippen molar-refractivity contribution in [2.75, 3.05) is 78.9 Å². The molecule has 15 heteroatoms. The molecule has 2 bridgehead atoms. The van der Waals surface area contributed by atoms with Crippen LogP contribution >= 0.6 is 0 Å². The van der Waals surface area contributed by atoms with Gasteiger partial charge in [0.2, 0.25) is 17.7 Å². The minimum atomic E-state index is -1.33. The Morgan fingerprint density at radius 3 is 2.20 bits per heavy atom. The van der Waals surface area contributed by atoms with Gasteiger partial charge < -0.3 is 39.2 Å². The Bertz CT molecular complexity index is 994. The van der Waals surface area contributed by atoms with Crippen molar-refractivity contribution in [3.63, 3.8) is 0 Å². The van der Waals surface area contributed by atoms with Crippen LogP contribution in [0.25, 0.3) is 0 Å². The van der Waals surface area contributed by atoms with E-state index in [0.29, 0.717) is 13.1 Å². The Morgan fingerprint density at radius 2 is 1.56 bits per heavy atom. The van der Waals surface area contributed by atoms with Gasteiger partial charge in [0.15, 0.2) is 6.29 Å². The summed E-state index contributed by atoms with van der Waals surface area (Å²) >= 11 is 0. The summed E-state index contributed by atoms with van der Waals surface area (Å²) in [6, 6.07) is -0.513. The third-order valence-electron chi connectivity index (χ3n) is 8.40. The highest BCUT2D eigenvalue weighted by molar-refractivity contribution is 6.05. The molecule has 7 atom stereocenters. The van der Waals surface area contributed by atoms with Crippen LogP contribution in [-0.2, 0) is 42.9 Å². The van der Waals surface area contributed by atoms with Crippen LogP contribution in [0.2, 0.25) is 0 Å². The highest BCUT2D eigenvalue weighted by Gasteiger charge is 2.61. The Labute approximate surface area is 237 Å². The van der Waals surface area contributed by atoms with Crippen LogP contribution in [0, 0.1) is 5.92 Å². The number of hydrogen-bond donors (Lipinski definition) is 3. The standard InChI is InChI=1S/C26H40N4O11/c1-16-12-18(31)29(23(16)35)6-8-37-10-11-38-9-7-30-19(32)13-17(24(30)36)39-14-26-15-40-25(41-26)20(21(33)22(26)34)28-4-2-27-3-5-28/h16-17,20-22,25,27,33-34H,2-15H2,1H3/t16?,17?,20-,21-,22-,25+,26+/m1/s1. The lowest BCUT2D eigenvalue weighted by Crippen LogP contribution is -2.68. The Morgan fingerprint density at radius 1 is 0.927 bits per heavy atom. The number of rotatable bonds is 13. The van der Waals surface area contributed by atoms with Crippen molar-refractivity contribution in [2.45, 2.75) is 56.0 Å². The van der Waals surface area contributed by atoms with E-state index in [1.165, 1.54) is 4.90 Å². The Kier molecular flexibility index (Phi) is 9.67. The van der Waals surface area contributed by atoms with E-state index >= 15 is 0 Å². The van der Waals surface area contributed by atoms with Crippen molar-refractivity contribution in [2.24, 2.45) is 5.92 Å². The van der Waals surface area contributed by atoms with E-state index in [1.807, 2.05) is 4.90 Å². The SMILES string of the molecule is CC1CC(=O)N(CCOCCOCCN2C(=O)CC(OC[C@@]34CO[C@@H](O3)[C@H](N3CCNCC3)[C@@H](O)[C@H]4O)C2=O)C1=O. The average Bonchev–Trinajstić information content (AvgIpc) is 3.56. The van der Waals surface area contributed by atoms with E-state index in [9.17, 15) is 29.4 Å². The van der Waals surface area contributed by atoms with Gasteiger partial charge in [-0.1, -0.05) is 6.92 Å². The highest BCUT2D eigenvalue weighted by Crippen LogP contribution is 2.39. The molecule has 0 aromatic carbocycles. The van der Waals surface area contributed by atoms with Gasteiger partial charge in [-0.15, -0.1) is 0 Å². The molecule has 230 valence electrons. The smallest absolute Gasteiger partial charge is 0.258 e. The molecule has 2 unspecified atom stereocenters. The first-order chi connectivity index (χ1) is 19.7. The second-order valence-corrected chi connectivity index (χ2v) is 11.2.